The molecule has 0 saturated heterocycles. The molecular formula is C13H17N3O3. The second-order valence-electron chi connectivity index (χ2n) is 4.44. The van der Waals surface area contributed by atoms with E-state index in [4.69, 9.17) is 4.74 Å². The molecule has 0 aliphatic heterocycles. The van der Waals surface area contributed by atoms with E-state index in [1.807, 2.05) is 43.3 Å². The summed E-state index contributed by atoms with van der Waals surface area (Å²) in [6.07, 6.45) is 0. The van der Waals surface area contributed by atoms with Crippen molar-refractivity contribution < 1.29 is 9.26 Å². The summed E-state index contributed by atoms with van der Waals surface area (Å²) in [5.41, 5.74) is 2.12. The van der Waals surface area contributed by atoms with Gasteiger partial charge in [-0.25, -0.2) is 4.79 Å². The first-order valence-electron chi connectivity index (χ1n) is 5.92. The van der Waals surface area contributed by atoms with Crippen LogP contribution in [-0.2, 0) is 17.9 Å². The molecule has 102 valence electrons. The van der Waals surface area contributed by atoms with Crippen LogP contribution in [0.5, 0.6) is 0 Å². The molecule has 0 unspecified atom stereocenters. The van der Waals surface area contributed by atoms with E-state index in [9.17, 15) is 4.79 Å². The van der Waals surface area contributed by atoms with Crippen LogP contribution >= 0.6 is 0 Å². The molecule has 0 aliphatic rings. The predicted molar refractivity (Wildman–Crippen MR) is 71.3 cm³/mol. The third-order valence-electron chi connectivity index (χ3n) is 2.83. The normalized spacial score (nSPS) is 10.7. The number of rotatable bonds is 5. The Morgan fingerprint density at radius 3 is 2.58 bits per heavy atom. The van der Waals surface area contributed by atoms with Gasteiger partial charge in [-0.3, -0.25) is 9.09 Å². The van der Waals surface area contributed by atoms with Crippen molar-refractivity contribution >= 4 is 5.69 Å². The molecule has 1 heterocycles. The maximum absolute atomic E-state index is 11.6. The van der Waals surface area contributed by atoms with Crippen LogP contribution in [0.4, 0.5) is 5.69 Å². The molecule has 6 nitrogen and oxygen atoms in total. The van der Waals surface area contributed by atoms with E-state index in [1.54, 1.807) is 7.11 Å². The van der Waals surface area contributed by atoms with Crippen molar-refractivity contribution in [2.45, 2.75) is 13.2 Å². The molecule has 0 atom stereocenters. The van der Waals surface area contributed by atoms with Crippen LogP contribution in [-0.4, -0.2) is 30.9 Å². The summed E-state index contributed by atoms with van der Waals surface area (Å²) in [5, 5.41) is 3.69. The number of nitrogens with zero attached hydrogens (tertiary/aromatic N) is 3. The van der Waals surface area contributed by atoms with Crippen LogP contribution < -0.4 is 10.7 Å². The van der Waals surface area contributed by atoms with Gasteiger partial charge in [0.25, 0.3) is 0 Å². The number of aromatic nitrogens is 2. The van der Waals surface area contributed by atoms with Gasteiger partial charge in [0.1, 0.15) is 6.61 Å². The van der Waals surface area contributed by atoms with Crippen LogP contribution in [0.25, 0.3) is 0 Å². The highest BCUT2D eigenvalue weighted by molar-refractivity contribution is 5.46. The van der Waals surface area contributed by atoms with Gasteiger partial charge in [0.05, 0.1) is 6.54 Å². The number of ether oxygens (including phenoxy) is 1. The molecule has 0 bridgehead atoms. The lowest BCUT2D eigenvalue weighted by molar-refractivity contribution is 0.171. The van der Waals surface area contributed by atoms with Crippen LogP contribution in [0.15, 0.2) is 33.6 Å². The minimum Gasteiger partial charge on any atom is -0.378 e. The molecule has 0 radical (unpaired) electrons. The van der Waals surface area contributed by atoms with Crippen molar-refractivity contribution in [2.75, 3.05) is 26.1 Å². The van der Waals surface area contributed by atoms with Crippen LogP contribution in [0.3, 0.4) is 0 Å². The van der Waals surface area contributed by atoms with E-state index in [0.717, 1.165) is 11.3 Å². The predicted octanol–water partition coefficient (Wildman–Crippen LogP) is 1.10. The van der Waals surface area contributed by atoms with Gasteiger partial charge in [0, 0.05) is 26.9 Å². The second kappa shape index (κ2) is 5.71. The smallest absolute Gasteiger partial charge is 0.378 e. The third kappa shape index (κ3) is 3.03. The largest absolute Gasteiger partial charge is 0.441 e. The number of anilines is 1. The SMILES string of the molecule is COCc1noc(=O)n1Cc1ccc(N(C)C)cc1. The van der Waals surface area contributed by atoms with Gasteiger partial charge >= 0.3 is 5.76 Å². The summed E-state index contributed by atoms with van der Waals surface area (Å²) in [5.74, 6) is 0.0212. The molecule has 2 rings (SSSR count). The molecule has 0 spiro atoms. The van der Waals surface area contributed by atoms with E-state index < -0.39 is 5.76 Å². The fourth-order valence-corrected chi connectivity index (χ4v) is 1.77. The molecule has 0 aliphatic carbocycles. The van der Waals surface area contributed by atoms with Crippen molar-refractivity contribution in [3.05, 3.63) is 46.2 Å². The van der Waals surface area contributed by atoms with Gasteiger partial charge in [-0.15, -0.1) is 0 Å². The molecule has 6 heteroatoms. The standard InChI is InChI=1S/C13H17N3O3/c1-15(2)11-6-4-10(5-7-11)8-16-12(9-18-3)14-19-13(16)17/h4-7H,8-9H2,1-3H3. The van der Waals surface area contributed by atoms with E-state index >= 15 is 0 Å². The highest BCUT2D eigenvalue weighted by Crippen LogP contribution is 2.13. The minimum atomic E-state index is -0.469. The summed E-state index contributed by atoms with van der Waals surface area (Å²) < 4.78 is 11.1. The molecule has 0 fully saturated rings. The summed E-state index contributed by atoms with van der Waals surface area (Å²) >= 11 is 0. The van der Waals surface area contributed by atoms with Gasteiger partial charge in [0.2, 0.25) is 0 Å². The average Bonchev–Trinajstić information content (AvgIpc) is 2.73. The van der Waals surface area contributed by atoms with Crippen LogP contribution in [0.1, 0.15) is 11.4 Å². The van der Waals surface area contributed by atoms with Gasteiger partial charge in [-0.1, -0.05) is 17.3 Å². The lowest BCUT2D eigenvalue weighted by atomic mass is 10.2. The Morgan fingerprint density at radius 1 is 1.32 bits per heavy atom. The Balaban J connectivity index is 2.21. The average molecular weight is 263 g/mol. The summed E-state index contributed by atoms with van der Waals surface area (Å²) in [6, 6.07) is 7.96. The number of methoxy groups -OCH3 is 1. The summed E-state index contributed by atoms with van der Waals surface area (Å²) in [7, 11) is 5.52. The maximum Gasteiger partial charge on any atom is 0.441 e. The van der Waals surface area contributed by atoms with E-state index in [-0.39, 0.29) is 6.61 Å². The molecular weight excluding hydrogens is 246 g/mol. The monoisotopic (exact) mass is 263 g/mol. The van der Waals surface area contributed by atoms with Crippen LogP contribution in [0, 0.1) is 0 Å². The molecule has 0 amide bonds. The second-order valence-corrected chi connectivity index (χ2v) is 4.44. The zero-order chi connectivity index (χ0) is 13.8. The van der Waals surface area contributed by atoms with Gasteiger partial charge in [-0.05, 0) is 17.7 Å². The first-order chi connectivity index (χ1) is 9.11. The van der Waals surface area contributed by atoms with Gasteiger partial charge < -0.3 is 9.64 Å². The Hall–Kier alpha value is -2.08. The van der Waals surface area contributed by atoms with Crippen molar-refractivity contribution in [1.82, 2.24) is 9.72 Å². The molecule has 2 aromatic rings. The van der Waals surface area contributed by atoms with Crippen molar-refractivity contribution in [3.8, 4) is 0 Å². The van der Waals surface area contributed by atoms with Crippen molar-refractivity contribution in [1.29, 1.82) is 0 Å². The Morgan fingerprint density at radius 2 is 2.00 bits per heavy atom. The number of benzene rings is 1. The summed E-state index contributed by atoms with van der Waals surface area (Å²) in [6.45, 7) is 0.677. The lowest BCUT2D eigenvalue weighted by Crippen LogP contribution is -2.18. The zero-order valence-corrected chi connectivity index (χ0v) is 11.3. The van der Waals surface area contributed by atoms with Crippen LogP contribution in [0.2, 0.25) is 0 Å². The van der Waals surface area contributed by atoms with E-state index in [0.29, 0.717) is 12.4 Å². The number of hydrogen-bond donors (Lipinski definition) is 0. The quantitative estimate of drug-likeness (QED) is 0.808. The number of hydrogen-bond acceptors (Lipinski definition) is 5. The molecule has 0 N–H and O–H groups in total. The Kier molecular flexibility index (Phi) is 4.01. The Labute approximate surface area is 111 Å². The third-order valence-corrected chi connectivity index (χ3v) is 2.83. The fraction of sp³-hybridized carbons (Fsp3) is 0.385. The lowest BCUT2D eigenvalue weighted by Gasteiger charge is -2.12. The molecule has 19 heavy (non-hydrogen) atoms. The fourth-order valence-electron chi connectivity index (χ4n) is 1.77. The highest BCUT2D eigenvalue weighted by atomic mass is 16.5. The maximum atomic E-state index is 11.6. The highest BCUT2D eigenvalue weighted by Gasteiger charge is 2.10. The Bertz CT molecular complexity index is 584. The summed E-state index contributed by atoms with van der Waals surface area (Å²) in [4.78, 5) is 13.6. The van der Waals surface area contributed by atoms with Crippen molar-refractivity contribution in [2.24, 2.45) is 0 Å². The minimum absolute atomic E-state index is 0.252. The van der Waals surface area contributed by atoms with E-state index in [2.05, 4.69) is 9.68 Å². The van der Waals surface area contributed by atoms with Gasteiger partial charge in [0.15, 0.2) is 5.82 Å². The molecule has 1 aromatic carbocycles. The van der Waals surface area contributed by atoms with Crippen molar-refractivity contribution in [3.63, 3.8) is 0 Å². The van der Waals surface area contributed by atoms with E-state index in [1.165, 1.54) is 4.57 Å². The molecule has 0 saturated carbocycles. The molecule has 1 aromatic heterocycles. The zero-order valence-electron chi connectivity index (χ0n) is 11.3. The first-order valence-corrected chi connectivity index (χ1v) is 5.92. The van der Waals surface area contributed by atoms with Gasteiger partial charge in [-0.2, -0.15) is 0 Å². The topological polar surface area (TPSA) is 60.5 Å². The first kappa shape index (κ1) is 13.4.